The molecule has 3 rings (SSSR count). The van der Waals surface area contributed by atoms with E-state index in [4.69, 9.17) is 4.84 Å². The SMILES string of the molecule is C=CCON1C(=O)N2CC=C(c3ccccn3)C1C2. The van der Waals surface area contributed by atoms with Crippen molar-refractivity contribution in [2.75, 3.05) is 19.7 Å². The number of hydrogen-bond donors (Lipinski definition) is 0. The van der Waals surface area contributed by atoms with Crippen LogP contribution in [0.3, 0.4) is 0 Å². The van der Waals surface area contributed by atoms with E-state index >= 15 is 0 Å². The first-order valence-electron chi connectivity index (χ1n) is 6.24. The van der Waals surface area contributed by atoms with Gasteiger partial charge in [0.05, 0.1) is 18.8 Å². The number of fused-ring (bicyclic) bond motifs is 2. The van der Waals surface area contributed by atoms with E-state index in [1.807, 2.05) is 24.3 Å². The number of pyridine rings is 1. The second kappa shape index (κ2) is 4.85. The molecule has 0 radical (unpaired) electrons. The fraction of sp³-hybridized carbons (Fsp3) is 0.286. The summed E-state index contributed by atoms with van der Waals surface area (Å²) in [5, 5.41) is 1.44. The van der Waals surface area contributed by atoms with Crippen LogP contribution in [0, 0.1) is 0 Å². The standard InChI is InChI=1S/C14H15N3O2/c1-2-9-19-17-13-10-16(14(17)18)8-6-11(13)12-5-3-4-7-15-12/h2-7,13H,1,8-10H2. The van der Waals surface area contributed by atoms with E-state index in [-0.39, 0.29) is 12.1 Å². The Morgan fingerprint density at radius 3 is 3.16 bits per heavy atom. The summed E-state index contributed by atoms with van der Waals surface area (Å²) in [5.74, 6) is 0. The lowest BCUT2D eigenvalue weighted by Gasteiger charge is -2.24. The maximum absolute atomic E-state index is 12.1. The Morgan fingerprint density at radius 1 is 1.53 bits per heavy atom. The maximum Gasteiger partial charge on any atom is 0.344 e. The van der Waals surface area contributed by atoms with Crippen molar-refractivity contribution in [1.82, 2.24) is 14.9 Å². The number of nitrogens with zero attached hydrogens (tertiary/aromatic N) is 3. The quantitative estimate of drug-likeness (QED) is 0.771. The zero-order valence-corrected chi connectivity index (χ0v) is 10.5. The highest BCUT2D eigenvalue weighted by Gasteiger charge is 2.43. The lowest BCUT2D eigenvalue weighted by Crippen LogP contribution is -2.34. The molecule has 5 nitrogen and oxygen atoms in total. The lowest BCUT2D eigenvalue weighted by atomic mass is 10.0. The summed E-state index contributed by atoms with van der Waals surface area (Å²) in [5.41, 5.74) is 1.95. The smallest absolute Gasteiger partial charge is 0.317 e. The van der Waals surface area contributed by atoms with E-state index in [0.717, 1.165) is 11.3 Å². The molecule has 2 bridgehead atoms. The Balaban J connectivity index is 1.89. The molecule has 1 fully saturated rings. The van der Waals surface area contributed by atoms with Gasteiger partial charge in [0.1, 0.15) is 6.04 Å². The first-order chi connectivity index (χ1) is 9.31. The molecule has 2 aliphatic rings. The van der Waals surface area contributed by atoms with Crippen molar-refractivity contribution in [2.45, 2.75) is 6.04 Å². The van der Waals surface area contributed by atoms with E-state index in [2.05, 4.69) is 11.6 Å². The van der Waals surface area contributed by atoms with Gasteiger partial charge in [-0.05, 0) is 12.1 Å². The van der Waals surface area contributed by atoms with Crippen molar-refractivity contribution >= 4 is 11.6 Å². The highest BCUT2D eigenvalue weighted by Crippen LogP contribution is 2.31. The van der Waals surface area contributed by atoms with Crippen molar-refractivity contribution in [1.29, 1.82) is 0 Å². The van der Waals surface area contributed by atoms with Crippen LogP contribution in [0.2, 0.25) is 0 Å². The minimum Gasteiger partial charge on any atom is -0.317 e. The highest BCUT2D eigenvalue weighted by atomic mass is 16.7. The fourth-order valence-electron chi connectivity index (χ4n) is 2.44. The Bertz CT molecular complexity index is 527. The third kappa shape index (κ3) is 2.02. The van der Waals surface area contributed by atoms with Crippen LogP contribution in [-0.2, 0) is 4.84 Å². The van der Waals surface area contributed by atoms with E-state index in [1.54, 1.807) is 17.2 Å². The summed E-state index contributed by atoms with van der Waals surface area (Å²) in [4.78, 5) is 23.7. The van der Waals surface area contributed by atoms with Crippen LogP contribution in [0.25, 0.3) is 5.57 Å². The van der Waals surface area contributed by atoms with Crippen molar-refractivity contribution in [3.05, 3.63) is 48.8 Å². The lowest BCUT2D eigenvalue weighted by molar-refractivity contribution is -0.105. The predicted molar refractivity (Wildman–Crippen MR) is 71.0 cm³/mol. The molecular formula is C14H15N3O2. The van der Waals surface area contributed by atoms with Gasteiger partial charge in [0, 0.05) is 18.3 Å². The third-order valence-corrected chi connectivity index (χ3v) is 3.32. The van der Waals surface area contributed by atoms with Crippen LogP contribution in [0.1, 0.15) is 5.69 Å². The van der Waals surface area contributed by atoms with Crippen molar-refractivity contribution in [2.24, 2.45) is 0 Å². The Kier molecular flexibility index (Phi) is 3.05. The largest absolute Gasteiger partial charge is 0.344 e. The Hall–Kier alpha value is -2.14. The molecule has 0 spiro atoms. The van der Waals surface area contributed by atoms with E-state index in [1.165, 1.54) is 5.06 Å². The average molecular weight is 257 g/mol. The van der Waals surface area contributed by atoms with E-state index in [0.29, 0.717) is 19.7 Å². The predicted octanol–water partition coefficient (Wildman–Crippen LogP) is 1.70. The molecule has 1 atom stereocenters. The van der Waals surface area contributed by atoms with Crippen molar-refractivity contribution < 1.29 is 9.63 Å². The normalized spacial score (nSPS) is 21.6. The molecule has 1 unspecified atom stereocenters. The number of carbonyl (C=O) groups excluding carboxylic acids is 1. The fourth-order valence-corrected chi connectivity index (χ4v) is 2.44. The summed E-state index contributed by atoms with van der Waals surface area (Å²) in [6.45, 7) is 5.19. The first kappa shape index (κ1) is 11.9. The minimum atomic E-state index is -0.0889. The molecule has 0 saturated carbocycles. The molecule has 2 aliphatic heterocycles. The molecule has 2 amide bonds. The number of rotatable bonds is 4. The number of carbonyl (C=O) groups is 1. The maximum atomic E-state index is 12.1. The van der Waals surface area contributed by atoms with Crippen molar-refractivity contribution in [3.63, 3.8) is 0 Å². The molecule has 1 saturated heterocycles. The van der Waals surface area contributed by atoms with Crippen LogP contribution < -0.4 is 0 Å². The number of amides is 2. The molecule has 0 aromatic carbocycles. The summed E-state index contributed by atoms with van der Waals surface area (Å²) in [7, 11) is 0. The second-order valence-corrected chi connectivity index (χ2v) is 4.49. The summed E-state index contributed by atoms with van der Waals surface area (Å²) >= 11 is 0. The molecule has 1 aromatic heterocycles. The van der Waals surface area contributed by atoms with Gasteiger partial charge in [0.25, 0.3) is 0 Å². The molecule has 3 heterocycles. The van der Waals surface area contributed by atoms with Gasteiger partial charge < -0.3 is 4.90 Å². The molecule has 0 aliphatic carbocycles. The van der Waals surface area contributed by atoms with Gasteiger partial charge in [0.15, 0.2) is 0 Å². The van der Waals surface area contributed by atoms with Crippen LogP contribution in [-0.4, -0.2) is 46.7 Å². The topological polar surface area (TPSA) is 45.7 Å². The monoisotopic (exact) mass is 257 g/mol. The third-order valence-electron chi connectivity index (χ3n) is 3.32. The molecular weight excluding hydrogens is 242 g/mol. The van der Waals surface area contributed by atoms with Gasteiger partial charge in [-0.2, -0.15) is 5.06 Å². The highest BCUT2D eigenvalue weighted by molar-refractivity contribution is 5.84. The molecule has 1 aromatic rings. The van der Waals surface area contributed by atoms with E-state index in [9.17, 15) is 4.79 Å². The van der Waals surface area contributed by atoms with Gasteiger partial charge in [-0.15, -0.1) is 6.58 Å². The summed E-state index contributed by atoms with van der Waals surface area (Å²) in [6, 6.07) is 5.60. The zero-order chi connectivity index (χ0) is 13.2. The Labute approximate surface area is 111 Å². The number of urea groups is 1. The zero-order valence-electron chi connectivity index (χ0n) is 10.5. The number of hydroxylamine groups is 2. The van der Waals surface area contributed by atoms with Crippen LogP contribution in [0.15, 0.2) is 43.1 Å². The van der Waals surface area contributed by atoms with Crippen LogP contribution in [0.4, 0.5) is 4.79 Å². The van der Waals surface area contributed by atoms with E-state index < -0.39 is 0 Å². The first-order valence-corrected chi connectivity index (χ1v) is 6.24. The van der Waals surface area contributed by atoms with Gasteiger partial charge in [-0.1, -0.05) is 18.2 Å². The van der Waals surface area contributed by atoms with Gasteiger partial charge >= 0.3 is 6.03 Å². The summed E-state index contributed by atoms with van der Waals surface area (Å²) < 4.78 is 0. The van der Waals surface area contributed by atoms with Gasteiger partial charge in [0.2, 0.25) is 0 Å². The van der Waals surface area contributed by atoms with Crippen molar-refractivity contribution in [3.8, 4) is 0 Å². The average Bonchev–Trinajstić information content (AvgIpc) is 2.70. The number of aromatic nitrogens is 1. The molecule has 98 valence electrons. The number of hydrogen-bond acceptors (Lipinski definition) is 3. The van der Waals surface area contributed by atoms with Gasteiger partial charge in [-0.25, -0.2) is 4.79 Å². The van der Waals surface area contributed by atoms with Gasteiger partial charge in [-0.3, -0.25) is 9.82 Å². The minimum absolute atomic E-state index is 0.0869. The molecule has 5 heteroatoms. The molecule has 19 heavy (non-hydrogen) atoms. The van der Waals surface area contributed by atoms with Crippen LogP contribution in [0.5, 0.6) is 0 Å². The van der Waals surface area contributed by atoms with Crippen LogP contribution >= 0.6 is 0 Å². The summed E-state index contributed by atoms with van der Waals surface area (Å²) in [6.07, 6.45) is 5.44. The second-order valence-electron chi connectivity index (χ2n) is 4.49. The molecule has 0 N–H and O–H groups in total. The Morgan fingerprint density at radius 2 is 2.42 bits per heavy atom.